The standard InChI is InChI=1S/C15H18N6O2/c1-15(2,3)21-11-10(8-18-21)13(23)20-14(19-11)17-7-9-5-4-6-16-12(9)22/h4-6,8H,7H2,1-3H3,(H,16,22)(H2,17,19,20,23). The van der Waals surface area contributed by atoms with Crippen LogP contribution in [0, 0.1) is 0 Å². The van der Waals surface area contributed by atoms with Gasteiger partial charge >= 0.3 is 0 Å². The fourth-order valence-electron chi connectivity index (χ4n) is 2.27. The predicted octanol–water partition coefficient (Wildman–Crippen LogP) is 1.17. The van der Waals surface area contributed by atoms with Crippen molar-refractivity contribution in [1.29, 1.82) is 0 Å². The Bertz CT molecular complexity index is 960. The zero-order chi connectivity index (χ0) is 16.6. The fourth-order valence-corrected chi connectivity index (χ4v) is 2.27. The molecule has 0 amide bonds. The summed E-state index contributed by atoms with van der Waals surface area (Å²) >= 11 is 0. The topological polar surface area (TPSA) is 108 Å². The molecule has 0 aliphatic rings. The van der Waals surface area contributed by atoms with E-state index >= 15 is 0 Å². The van der Waals surface area contributed by atoms with Crippen molar-refractivity contribution in [3.63, 3.8) is 0 Å². The van der Waals surface area contributed by atoms with Gasteiger partial charge in [0.1, 0.15) is 5.39 Å². The molecular weight excluding hydrogens is 296 g/mol. The van der Waals surface area contributed by atoms with Crippen LogP contribution in [-0.2, 0) is 12.1 Å². The van der Waals surface area contributed by atoms with E-state index in [1.165, 1.54) is 6.20 Å². The number of pyridine rings is 1. The number of hydrogen-bond donors (Lipinski definition) is 3. The molecular formula is C15H18N6O2. The Morgan fingerprint density at radius 3 is 2.74 bits per heavy atom. The van der Waals surface area contributed by atoms with Gasteiger partial charge < -0.3 is 10.3 Å². The number of nitrogens with one attached hydrogen (secondary N) is 3. The van der Waals surface area contributed by atoms with E-state index in [9.17, 15) is 9.59 Å². The van der Waals surface area contributed by atoms with Crippen molar-refractivity contribution in [3.05, 3.63) is 50.8 Å². The van der Waals surface area contributed by atoms with Gasteiger partial charge in [-0.1, -0.05) is 6.07 Å². The maximum Gasteiger partial charge on any atom is 0.263 e. The Hall–Kier alpha value is -2.90. The summed E-state index contributed by atoms with van der Waals surface area (Å²) in [7, 11) is 0. The van der Waals surface area contributed by atoms with E-state index in [0.717, 1.165) is 0 Å². The molecule has 23 heavy (non-hydrogen) atoms. The Labute approximate surface area is 131 Å². The number of aromatic nitrogens is 5. The van der Waals surface area contributed by atoms with E-state index < -0.39 is 0 Å². The highest BCUT2D eigenvalue weighted by Gasteiger charge is 2.19. The summed E-state index contributed by atoms with van der Waals surface area (Å²) in [5, 5.41) is 7.66. The number of hydrogen-bond acceptors (Lipinski definition) is 5. The Kier molecular flexibility index (Phi) is 3.51. The second-order valence-electron chi connectivity index (χ2n) is 6.26. The summed E-state index contributed by atoms with van der Waals surface area (Å²) < 4.78 is 1.71. The van der Waals surface area contributed by atoms with Crippen LogP contribution < -0.4 is 16.4 Å². The van der Waals surface area contributed by atoms with E-state index in [4.69, 9.17) is 0 Å². The van der Waals surface area contributed by atoms with Crippen molar-refractivity contribution < 1.29 is 0 Å². The molecule has 0 aliphatic carbocycles. The summed E-state index contributed by atoms with van der Waals surface area (Å²) in [5.41, 5.74) is 0.319. The van der Waals surface area contributed by atoms with Crippen LogP contribution in [0.15, 0.2) is 34.1 Å². The minimum Gasteiger partial charge on any atom is -0.351 e. The molecule has 3 aromatic heterocycles. The average Bonchev–Trinajstić information content (AvgIpc) is 2.91. The number of aromatic amines is 2. The second-order valence-corrected chi connectivity index (χ2v) is 6.26. The van der Waals surface area contributed by atoms with Gasteiger partial charge in [-0.2, -0.15) is 10.1 Å². The molecule has 0 atom stereocenters. The van der Waals surface area contributed by atoms with Crippen molar-refractivity contribution in [1.82, 2.24) is 24.7 Å². The molecule has 0 radical (unpaired) electrons. The van der Waals surface area contributed by atoms with E-state index in [1.54, 1.807) is 23.0 Å². The van der Waals surface area contributed by atoms with E-state index in [1.807, 2.05) is 20.8 Å². The van der Waals surface area contributed by atoms with Gasteiger partial charge in [-0.05, 0) is 26.8 Å². The van der Waals surface area contributed by atoms with Crippen molar-refractivity contribution in [2.24, 2.45) is 0 Å². The third-order valence-electron chi connectivity index (χ3n) is 3.42. The van der Waals surface area contributed by atoms with Crippen molar-refractivity contribution in [2.45, 2.75) is 32.9 Å². The number of H-pyrrole nitrogens is 2. The van der Waals surface area contributed by atoms with Gasteiger partial charge in [-0.15, -0.1) is 0 Å². The largest absolute Gasteiger partial charge is 0.351 e. The Morgan fingerprint density at radius 1 is 1.26 bits per heavy atom. The minimum absolute atomic E-state index is 0.178. The highest BCUT2D eigenvalue weighted by Crippen LogP contribution is 2.18. The highest BCUT2D eigenvalue weighted by atomic mass is 16.1. The van der Waals surface area contributed by atoms with Crippen LogP contribution in [0.5, 0.6) is 0 Å². The molecule has 0 spiro atoms. The van der Waals surface area contributed by atoms with Crippen LogP contribution in [0.3, 0.4) is 0 Å². The molecule has 8 heteroatoms. The summed E-state index contributed by atoms with van der Waals surface area (Å²) in [5.74, 6) is 0.303. The number of nitrogens with zero attached hydrogens (tertiary/aromatic N) is 3. The molecule has 0 aliphatic heterocycles. The maximum absolute atomic E-state index is 12.2. The molecule has 0 fully saturated rings. The number of rotatable bonds is 3. The first-order chi connectivity index (χ1) is 10.9. The fraction of sp³-hybridized carbons (Fsp3) is 0.333. The average molecular weight is 314 g/mol. The molecule has 0 saturated carbocycles. The zero-order valence-electron chi connectivity index (χ0n) is 13.2. The summed E-state index contributed by atoms with van der Waals surface area (Å²) in [6.07, 6.45) is 3.08. The lowest BCUT2D eigenvalue weighted by molar-refractivity contribution is 0.366. The van der Waals surface area contributed by atoms with E-state index in [-0.39, 0.29) is 23.2 Å². The molecule has 3 aromatic rings. The first-order valence-electron chi connectivity index (χ1n) is 7.25. The van der Waals surface area contributed by atoms with Gasteiger partial charge in [0.15, 0.2) is 5.65 Å². The van der Waals surface area contributed by atoms with E-state index in [2.05, 4.69) is 25.4 Å². The monoisotopic (exact) mass is 314 g/mol. The summed E-state index contributed by atoms with van der Waals surface area (Å²) in [6, 6.07) is 3.45. The van der Waals surface area contributed by atoms with Crippen molar-refractivity contribution >= 4 is 17.0 Å². The first-order valence-corrected chi connectivity index (χ1v) is 7.25. The lowest BCUT2D eigenvalue weighted by Crippen LogP contribution is -2.24. The van der Waals surface area contributed by atoms with Crippen LogP contribution >= 0.6 is 0 Å². The van der Waals surface area contributed by atoms with Gasteiger partial charge in [0.05, 0.1) is 11.7 Å². The number of anilines is 1. The molecule has 3 heterocycles. The van der Waals surface area contributed by atoms with E-state index in [0.29, 0.717) is 22.5 Å². The third-order valence-corrected chi connectivity index (χ3v) is 3.42. The summed E-state index contributed by atoms with van der Waals surface area (Å²) in [6.45, 7) is 6.21. The Balaban J connectivity index is 1.97. The van der Waals surface area contributed by atoms with Crippen LogP contribution in [0.2, 0.25) is 0 Å². The molecule has 8 nitrogen and oxygen atoms in total. The maximum atomic E-state index is 12.2. The van der Waals surface area contributed by atoms with Gasteiger partial charge in [0.2, 0.25) is 5.95 Å². The lowest BCUT2D eigenvalue weighted by Gasteiger charge is -2.19. The smallest absolute Gasteiger partial charge is 0.263 e. The molecule has 120 valence electrons. The van der Waals surface area contributed by atoms with Crippen molar-refractivity contribution in [3.8, 4) is 0 Å². The first kappa shape index (κ1) is 15.0. The van der Waals surface area contributed by atoms with Crippen LogP contribution in [0.25, 0.3) is 11.0 Å². The highest BCUT2D eigenvalue weighted by molar-refractivity contribution is 5.74. The van der Waals surface area contributed by atoms with Crippen LogP contribution in [-0.4, -0.2) is 24.7 Å². The summed E-state index contributed by atoms with van der Waals surface area (Å²) in [4.78, 5) is 33.5. The second kappa shape index (κ2) is 5.38. The molecule has 3 rings (SSSR count). The van der Waals surface area contributed by atoms with Crippen molar-refractivity contribution in [2.75, 3.05) is 5.32 Å². The quantitative estimate of drug-likeness (QED) is 0.672. The molecule has 0 saturated heterocycles. The SMILES string of the molecule is CC(C)(C)n1ncc2c(=O)[nH]c(NCc3ccc[nH]c3=O)nc21. The molecule has 0 bridgehead atoms. The van der Waals surface area contributed by atoms with Gasteiger partial charge in [0, 0.05) is 18.3 Å². The normalized spacial score (nSPS) is 11.8. The minimum atomic E-state index is -0.295. The lowest BCUT2D eigenvalue weighted by atomic mass is 10.1. The molecule has 0 aromatic carbocycles. The predicted molar refractivity (Wildman–Crippen MR) is 87.5 cm³/mol. The van der Waals surface area contributed by atoms with Crippen LogP contribution in [0.4, 0.5) is 5.95 Å². The van der Waals surface area contributed by atoms with Gasteiger partial charge in [-0.3, -0.25) is 14.6 Å². The van der Waals surface area contributed by atoms with Gasteiger partial charge in [-0.25, -0.2) is 4.68 Å². The molecule has 3 N–H and O–H groups in total. The Morgan fingerprint density at radius 2 is 2.04 bits per heavy atom. The number of fused-ring (bicyclic) bond motifs is 1. The van der Waals surface area contributed by atoms with Crippen LogP contribution in [0.1, 0.15) is 26.3 Å². The molecule has 0 unspecified atom stereocenters. The third kappa shape index (κ3) is 2.87. The van der Waals surface area contributed by atoms with Gasteiger partial charge in [0.25, 0.3) is 11.1 Å². The zero-order valence-corrected chi connectivity index (χ0v) is 13.2.